The number of hydrogen-bond donors (Lipinski definition) is 1. The van der Waals surface area contributed by atoms with Crippen molar-refractivity contribution in [2.75, 3.05) is 12.3 Å². The Morgan fingerprint density at radius 3 is 2.59 bits per heavy atom. The molecule has 0 spiro atoms. The summed E-state index contributed by atoms with van der Waals surface area (Å²) in [5, 5.41) is 2.19. The van der Waals surface area contributed by atoms with Gasteiger partial charge in [-0.2, -0.15) is 0 Å². The molecule has 0 atom stereocenters. The van der Waals surface area contributed by atoms with Gasteiger partial charge in [0.25, 0.3) is 0 Å². The molecule has 2 heteroatoms. The van der Waals surface area contributed by atoms with Crippen LogP contribution in [-0.4, -0.2) is 6.61 Å². The van der Waals surface area contributed by atoms with Crippen molar-refractivity contribution in [2.24, 2.45) is 5.92 Å². The molecule has 2 N–H and O–H groups in total. The minimum absolute atomic E-state index is 0.815. The van der Waals surface area contributed by atoms with Gasteiger partial charge in [-0.1, -0.05) is 37.1 Å². The first-order valence-corrected chi connectivity index (χ1v) is 6.24. The first-order valence-electron chi connectivity index (χ1n) is 6.24. The molecule has 0 amide bonds. The van der Waals surface area contributed by atoms with E-state index in [1.807, 2.05) is 30.3 Å². The van der Waals surface area contributed by atoms with Crippen LogP contribution in [0.4, 0.5) is 5.69 Å². The number of nitrogen functional groups attached to an aromatic ring is 1. The molecule has 0 unspecified atom stereocenters. The lowest BCUT2D eigenvalue weighted by molar-refractivity contribution is 0.306. The van der Waals surface area contributed by atoms with Crippen LogP contribution in [0.25, 0.3) is 10.8 Å². The zero-order valence-corrected chi connectivity index (χ0v) is 9.86. The van der Waals surface area contributed by atoms with Gasteiger partial charge in [0, 0.05) is 16.5 Å². The van der Waals surface area contributed by atoms with Gasteiger partial charge in [0.15, 0.2) is 0 Å². The van der Waals surface area contributed by atoms with E-state index in [1.54, 1.807) is 0 Å². The highest BCUT2D eigenvalue weighted by molar-refractivity contribution is 5.96. The number of ether oxygens (including phenoxy) is 1. The van der Waals surface area contributed by atoms with E-state index in [2.05, 4.69) is 6.07 Å². The molecule has 1 fully saturated rings. The highest BCUT2D eigenvalue weighted by atomic mass is 16.5. The van der Waals surface area contributed by atoms with Gasteiger partial charge in [-0.25, -0.2) is 0 Å². The zero-order valence-electron chi connectivity index (χ0n) is 9.86. The molecular weight excluding hydrogens is 210 g/mol. The van der Waals surface area contributed by atoms with E-state index in [9.17, 15) is 0 Å². The monoisotopic (exact) mass is 227 g/mol. The molecule has 0 aromatic heterocycles. The molecule has 1 aliphatic carbocycles. The van der Waals surface area contributed by atoms with Gasteiger partial charge in [0.2, 0.25) is 0 Å². The second kappa shape index (κ2) is 4.28. The van der Waals surface area contributed by atoms with Crippen molar-refractivity contribution >= 4 is 16.5 Å². The number of anilines is 1. The number of nitrogens with two attached hydrogens (primary N) is 1. The fourth-order valence-electron chi connectivity index (χ4n) is 2.16. The Bertz CT molecular complexity index is 531. The van der Waals surface area contributed by atoms with E-state index in [1.165, 1.54) is 19.3 Å². The van der Waals surface area contributed by atoms with Crippen molar-refractivity contribution in [1.82, 2.24) is 0 Å². The number of hydrogen-bond acceptors (Lipinski definition) is 2. The summed E-state index contributed by atoms with van der Waals surface area (Å²) < 4.78 is 5.87. The Kier molecular flexibility index (Phi) is 2.63. The lowest BCUT2D eigenvalue weighted by Crippen LogP contribution is -1.99. The minimum Gasteiger partial charge on any atom is -0.493 e. The lowest BCUT2D eigenvalue weighted by atomic mass is 10.1. The maximum Gasteiger partial charge on any atom is 0.127 e. The van der Waals surface area contributed by atoms with E-state index in [0.29, 0.717) is 0 Å². The van der Waals surface area contributed by atoms with E-state index in [-0.39, 0.29) is 0 Å². The Hall–Kier alpha value is -1.70. The third-order valence-corrected chi connectivity index (χ3v) is 3.40. The molecule has 0 radical (unpaired) electrons. The van der Waals surface area contributed by atoms with Crippen LogP contribution < -0.4 is 10.5 Å². The summed E-state index contributed by atoms with van der Waals surface area (Å²) in [5.41, 5.74) is 6.77. The lowest BCUT2D eigenvalue weighted by Gasteiger charge is -2.10. The van der Waals surface area contributed by atoms with Crippen LogP contribution in [0, 0.1) is 5.92 Å². The predicted octanol–water partition coefficient (Wildman–Crippen LogP) is 3.60. The fraction of sp³-hybridized carbons (Fsp3) is 0.333. The highest BCUT2D eigenvalue weighted by Crippen LogP contribution is 2.33. The van der Waals surface area contributed by atoms with E-state index in [0.717, 1.165) is 34.7 Å². The van der Waals surface area contributed by atoms with Crippen LogP contribution in [0.3, 0.4) is 0 Å². The van der Waals surface area contributed by atoms with E-state index < -0.39 is 0 Å². The smallest absolute Gasteiger partial charge is 0.127 e. The third kappa shape index (κ3) is 2.21. The first-order chi connectivity index (χ1) is 8.34. The molecule has 0 heterocycles. The molecular formula is C15H17NO. The van der Waals surface area contributed by atoms with Crippen molar-refractivity contribution in [2.45, 2.75) is 19.3 Å². The van der Waals surface area contributed by atoms with Crippen LogP contribution in [-0.2, 0) is 0 Å². The second-order valence-electron chi connectivity index (χ2n) is 4.78. The van der Waals surface area contributed by atoms with Crippen molar-refractivity contribution in [3.05, 3.63) is 36.4 Å². The van der Waals surface area contributed by atoms with Gasteiger partial charge >= 0.3 is 0 Å². The molecule has 2 aromatic carbocycles. The second-order valence-corrected chi connectivity index (χ2v) is 4.78. The van der Waals surface area contributed by atoms with Crippen LogP contribution in [0.5, 0.6) is 5.75 Å². The first kappa shape index (κ1) is 10.5. The molecule has 0 saturated heterocycles. The standard InChI is InChI=1S/C15H17NO/c16-14-7-8-15(17-10-9-11-5-6-11)13-4-2-1-3-12(13)14/h1-4,7-8,11H,5-6,9-10,16H2. The summed E-state index contributed by atoms with van der Waals surface area (Å²) in [6, 6.07) is 12.0. The molecule has 3 rings (SSSR count). The van der Waals surface area contributed by atoms with Crippen molar-refractivity contribution < 1.29 is 4.74 Å². The Balaban J connectivity index is 1.84. The van der Waals surface area contributed by atoms with Crippen LogP contribution >= 0.6 is 0 Å². The van der Waals surface area contributed by atoms with Gasteiger partial charge < -0.3 is 10.5 Å². The zero-order chi connectivity index (χ0) is 11.7. The summed E-state index contributed by atoms with van der Waals surface area (Å²) in [6.45, 7) is 0.818. The van der Waals surface area contributed by atoms with Crippen molar-refractivity contribution in [1.29, 1.82) is 0 Å². The molecule has 0 aliphatic heterocycles. The fourth-order valence-corrected chi connectivity index (χ4v) is 2.16. The number of fused-ring (bicyclic) bond motifs is 1. The average Bonchev–Trinajstić information content (AvgIpc) is 3.17. The number of rotatable bonds is 4. The predicted molar refractivity (Wildman–Crippen MR) is 71.2 cm³/mol. The topological polar surface area (TPSA) is 35.2 Å². The van der Waals surface area contributed by atoms with Crippen molar-refractivity contribution in [3.8, 4) is 5.75 Å². The SMILES string of the molecule is Nc1ccc(OCCC2CC2)c2ccccc12. The van der Waals surface area contributed by atoms with Gasteiger partial charge in [-0.3, -0.25) is 0 Å². The Morgan fingerprint density at radius 1 is 1.06 bits per heavy atom. The Labute approximate surface area is 101 Å². The van der Waals surface area contributed by atoms with Crippen LogP contribution in [0.2, 0.25) is 0 Å². The molecule has 1 aliphatic rings. The molecule has 2 nitrogen and oxygen atoms in total. The van der Waals surface area contributed by atoms with Gasteiger partial charge in [-0.05, 0) is 24.5 Å². The molecule has 17 heavy (non-hydrogen) atoms. The van der Waals surface area contributed by atoms with Crippen molar-refractivity contribution in [3.63, 3.8) is 0 Å². The number of benzene rings is 2. The summed E-state index contributed by atoms with van der Waals surface area (Å²) in [4.78, 5) is 0. The summed E-state index contributed by atoms with van der Waals surface area (Å²) in [5.74, 6) is 1.87. The summed E-state index contributed by atoms with van der Waals surface area (Å²) >= 11 is 0. The average molecular weight is 227 g/mol. The molecule has 2 aromatic rings. The minimum atomic E-state index is 0.815. The summed E-state index contributed by atoms with van der Waals surface area (Å²) in [6.07, 6.45) is 3.94. The molecule has 1 saturated carbocycles. The third-order valence-electron chi connectivity index (χ3n) is 3.40. The van der Waals surface area contributed by atoms with Gasteiger partial charge in [-0.15, -0.1) is 0 Å². The maximum atomic E-state index is 5.96. The largest absolute Gasteiger partial charge is 0.493 e. The Morgan fingerprint density at radius 2 is 1.82 bits per heavy atom. The normalized spacial score (nSPS) is 15.1. The van der Waals surface area contributed by atoms with Gasteiger partial charge in [0.05, 0.1) is 6.61 Å². The van der Waals surface area contributed by atoms with E-state index >= 15 is 0 Å². The highest BCUT2D eigenvalue weighted by Gasteiger charge is 2.20. The maximum absolute atomic E-state index is 5.96. The summed E-state index contributed by atoms with van der Waals surface area (Å²) in [7, 11) is 0. The molecule has 88 valence electrons. The molecule has 0 bridgehead atoms. The van der Waals surface area contributed by atoms with Crippen LogP contribution in [0.1, 0.15) is 19.3 Å². The van der Waals surface area contributed by atoms with Gasteiger partial charge in [0.1, 0.15) is 5.75 Å². The van der Waals surface area contributed by atoms with Crippen LogP contribution in [0.15, 0.2) is 36.4 Å². The quantitative estimate of drug-likeness (QED) is 0.810. The van der Waals surface area contributed by atoms with E-state index in [4.69, 9.17) is 10.5 Å².